The van der Waals surface area contributed by atoms with Crippen molar-refractivity contribution < 1.29 is 13.2 Å². The van der Waals surface area contributed by atoms with Gasteiger partial charge in [-0.2, -0.15) is 0 Å². The molecule has 11 heavy (non-hydrogen) atoms. The summed E-state index contributed by atoms with van der Waals surface area (Å²) in [5, 5.41) is 0. The van der Waals surface area contributed by atoms with Gasteiger partial charge in [0.1, 0.15) is 5.82 Å². The largest absolute Gasteiger partial charge is 0.302 e. The van der Waals surface area contributed by atoms with E-state index in [1.54, 1.807) is 0 Å². The Hall–Kier alpha value is 0.260. The molecule has 0 heterocycles. The van der Waals surface area contributed by atoms with E-state index in [0.29, 0.717) is 0 Å². The Morgan fingerprint density at radius 1 is 1.27 bits per heavy atom. The standard InChI is InChI=1S/C6H5FO2S.Na/c7-5-1-3-6(4-2-5)10(8)9;/h1-4H,(H,8,9);. The fraction of sp³-hybridized carbons (Fsp3) is 0. The first-order valence-electron chi connectivity index (χ1n) is 2.56. The van der Waals surface area contributed by atoms with Crippen LogP contribution in [0.1, 0.15) is 0 Å². The molecule has 0 aliphatic rings. The molecule has 0 spiro atoms. The average molecular weight is 183 g/mol. The molecule has 0 aromatic heterocycles. The Labute approximate surface area is 88.4 Å². The Morgan fingerprint density at radius 3 is 2.09 bits per heavy atom. The number of hydrogen-bond acceptors (Lipinski definition) is 1. The summed E-state index contributed by atoms with van der Waals surface area (Å²) >= 11 is -2.00. The first-order chi connectivity index (χ1) is 4.70. The van der Waals surface area contributed by atoms with Crippen LogP contribution < -0.4 is 0 Å². The van der Waals surface area contributed by atoms with E-state index in [1.807, 2.05) is 0 Å². The van der Waals surface area contributed by atoms with Crippen LogP contribution in [0.2, 0.25) is 0 Å². The number of hydrogen-bond donors (Lipinski definition) is 1. The topological polar surface area (TPSA) is 37.3 Å². The van der Waals surface area contributed by atoms with Crippen molar-refractivity contribution in [1.82, 2.24) is 0 Å². The minimum atomic E-state index is -2.00. The molecule has 1 N–H and O–H groups in total. The molecule has 1 aromatic rings. The van der Waals surface area contributed by atoms with Crippen molar-refractivity contribution in [2.75, 3.05) is 0 Å². The van der Waals surface area contributed by atoms with Crippen LogP contribution in [0.25, 0.3) is 0 Å². The zero-order chi connectivity index (χ0) is 7.56. The fourth-order valence-corrected chi connectivity index (χ4v) is 0.920. The molecule has 1 radical (unpaired) electrons. The molecule has 1 aromatic carbocycles. The molecule has 1 rings (SSSR count). The predicted octanol–water partition coefficient (Wildman–Crippen LogP) is 1.03. The molecule has 0 saturated heterocycles. The van der Waals surface area contributed by atoms with Crippen molar-refractivity contribution in [2.45, 2.75) is 4.90 Å². The molecule has 0 aliphatic carbocycles. The van der Waals surface area contributed by atoms with E-state index in [2.05, 4.69) is 0 Å². The van der Waals surface area contributed by atoms with Gasteiger partial charge < -0.3 is 4.55 Å². The van der Waals surface area contributed by atoms with Crippen molar-refractivity contribution in [2.24, 2.45) is 0 Å². The van der Waals surface area contributed by atoms with Gasteiger partial charge in [0, 0.05) is 29.6 Å². The first kappa shape index (κ1) is 11.3. The third kappa shape index (κ3) is 3.44. The molecule has 55 valence electrons. The van der Waals surface area contributed by atoms with Crippen LogP contribution in [0.3, 0.4) is 0 Å². The Morgan fingerprint density at radius 2 is 1.73 bits per heavy atom. The Kier molecular flexibility index (Phi) is 5.12. The minimum Gasteiger partial charge on any atom is -0.302 e. The number of halogens is 1. The molecule has 0 saturated carbocycles. The van der Waals surface area contributed by atoms with Crippen LogP contribution in [0, 0.1) is 5.82 Å². The second-order valence-electron chi connectivity index (χ2n) is 1.70. The Bertz CT molecular complexity index is 249. The van der Waals surface area contributed by atoms with Crippen molar-refractivity contribution in [3.8, 4) is 0 Å². The molecular formula is C6H5FNaO2S. The molecular weight excluding hydrogens is 178 g/mol. The zero-order valence-electron chi connectivity index (χ0n) is 5.95. The molecule has 0 bridgehead atoms. The maximum absolute atomic E-state index is 12.2. The van der Waals surface area contributed by atoms with Crippen LogP contribution >= 0.6 is 0 Å². The summed E-state index contributed by atoms with van der Waals surface area (Å²) in [4.78, 5) is 0.210. The number of benzene rings is 1. The molecule has 0 fully saturated rings. The summed E-state index contributed by atoms with van der Waals surface area (Å²) in [6.45, 7) is 0. The van der Waals surface area contributed by atoms with Crippen molar-refractivity contribution in [3.05, 3.63) is 30.1 Å². The summed E-state index contributed by atoms with van der Waals surface area (Å²) in [5.41, 5.74) is 0. The molecule has 2 nitrogen and oxygen atoms in total. The predicted molar refractivity (Wildman–Crippen MR) is 41.2 cm³/mol. The van der Waals surface area contributed by atoms with Crippen LogP contribution in [-0.2, 0) is 11.1 Å². The summed E-state index contributed by atoms with van der Waals surface area (Å²) < 4.78 is 30.9. The van der Waals surface area contributed by atoms with Crippen LogP contribution in [0.5, 0.6) is 0 Å². The normalized spacial score (nSPS) is 11.8. The molecule has 1 atom stereocenters. The van der Waals surface area contributed by atoms with Gasteiger partial charge >= 0.3 is 0 Å². The molecule has 5 heteroatoms. The quantitative estimate of drug-likeness (QED) is 0.521. The molecule has 1 unspecified atom stereocenters. The van der Waals surface area contributed by atoms with E-state index >= 15 is 0 Å². The fourth-order valence-electron chi connectivity index (χ4n) is 0.551. The van der Waals surface area contributed by atoms with Gasteiger partial charge in [-0.15, -0.1) is 0 Å². The molecule has 0 amide bonds. The van der Waals surface area contributed by atoms with Gasteiger partial charge in [-0.25, -0.2) is 8.60 Å². The molecule has 0 aliphatic heterocycles. The van der Waals surface area contributed by atoms with E-state index in [9.17, 15) is 8.60 Å². The summed E-state index contributed by atoms with van der Waals surface area (Å²) in [7, 11) is 0. The first-order valence-corrected chi connectivity index (χ1v) is 3.67. The van der Waals surface area contributed by atoms with Gasteiger partial charge in [-0.1, -0.05) is 0 Å². The van der Waals surface area contributed by atoms with E-state index in [4.69, 9.17) is 4.55 Å². The maximum atomic E-state index is 12.2. The zero-order valence-corrected chi connectivity index (χ0v) is 8.77. The summed E-state index contributed by atoms with van der Waals surface area (Å²) in [5.74, 6) is -0.408. The van der Waals surface area contributed by atoms with Crippen LogP contribution in [0.15, 0.2) is 29.2 Å². The van der Waals surface area contributed by atoms with Gasteiger partial charge in [0.15, 0.2) is 11.1 Å². The van der Waals surface area contributed by atoms with E-state index in [-0.39, 0.29) is 34.5 Å². The smallest absolute Gasteiger partial charge is 0.186 e. The summed E-state index contributed by atoms with van der Waals surface area (Å²) in [6.07, 6.45) is 0. The minimum absolute atomic E-state index is 0. The van der Waals surface area contributed by atoms with Crippen molar-refractivity contribution in [3.63, 3.8) is 0 Å². The van der Waals surface area contributed by atoms with Gasteiger partial charge in [-0.3, -0.25) is 0 Å². The van der Waals surface area contributed by atoms with Crippen molar-refractivity contribution >= 4 is 40.6 Å². The summed E-state index contributed by atoms with van der Waals surface area (Å²) in [6, 6.07) is 4.82. The SMILES string of the molecule is O=S(O)c1ccc(F)cc1.[Na]. The third-order valence-corrected chi connectivity index (χ3v) is 1.69. The van der Waals surface area contributed by atoms with Gasteiger partial charge in [-0.05, 0) is 24.3 Å². The average Bonchev–Trinajstić information content (AvgIpc) is 1.88. The van der Waals surface area contributed by atoms with E-state index in [1.165, 1.54) is 12.1 Å². The third-order valence-electron chi connectivity index (χ3n) is 1.02. The van der Waals surface area contributed by atoms with E-state index in [0.717, 1.165) is 12.1 Å². The van der Waals surface area contributed by atoms with E-state index < -0.39 is 16.9 Å². The second kappa shape index (κ2) is 5.00. The Balaban J connectivity index is 0.000001000. The van der Waals surface area contributed by atoms with Crippen LogP contribution in [0.4, 0.5) is 4.39 Å². The van der Waals surface area contributed by atoms with Gasteiger partial charge in [0.2, 0.25) is 0 Å². The monoisotopic (exact) mass is 183 g/mol. The van der Waals surface area contributed by atoms with Crippen LogP contribution in [-0.4, -0.2) is 38.3 Å². The maximum Gasteiger partial charge on any atom is 0.186 e. The van der Waals surface area contributed by atoms with Gasteiger partial charge in [0.05, 0.1) is 4.90 Å². The second-order valence-corrected chi connectivity index (χ2v) is 2.67. The van der Waals surface area contributed by atoms with Gasteiger partial charge in [0.25, 0.3) is 0 Å². The van der Waals surface area contributed by atoms with Crippen molar-refractivity contribution in [1.29, 1.82) is 0 Å². The number of rotatable bonds is 1.